The van der Waals surface area contributed by atoms with Crippen LogP contribution in [0, 0.1) is 0 Å². The van der Waals surface area contributed by atoms with Crippen LogP contribution in [-0.2, 0) is 9.59 Å². The van der Waals surface area contributed by atoms with E-state index in [-0.39, 0.29) is 18.4 Å². The van der Waals surface area contributed by atoms with E-state index in [4.69, 9.17) is 0 Å². The Hall–Kier alpha value is -0.710. The van der Waals surface area contributed by atoms with Gasteiger partial charge in [0, 0.05) is 13.1 Å². The molecule has 0 N–H and O–H groups in total. The Balaban J connectivity index is 1.83. The van der Waals surface area contributed by atoms with Gasteiger partial charge in [0.2, 0.25) is 11.8 Å². The van der Waals surface area contributed by atoms with Crippen molar-refractivity contribution >= 4 is 23.6 Å². The second kappa shape index (κ2) is 5.76. The minimum absolute atomic E-state index is 0.0905. The number of nitrogens with zero attached hydrogens (tertiary/aromatic N) is 2. The van der Waals surface area contributed by atoms with Crippen LogP contribution in [0.1, 0.15) is 32.1 Å². The molecule has 0 unspecified atom stereocenters. The van der Waals surface area contributed by atoms with E-state index >= 15 is 0 Å². The number of carbonyl (C=O) groups excluding carboxylic acids is 2. The van der Waals surface area contributed by atoms with Crippen molar-refractivity contribution in [2.24, 2.45) is 0 Å². The van der Waals surface area contributed by atoms with Crippen molar-refractivity contribution in [3.63, 3.8) is 0 Å². The second-order valence-corrected chi connectivity index (χ2v) is 5.82. The van der Waals surface area contributed by atoms with E-state index in [9.17, 15) is 9.59 Å². The lowest BCUT2D eigenvalue weighted by molar-refractivity contribution is -0.138. The number of likely N-dealkylation sites (N-methyl/N-ethyl adjacent to an activating group) is 1. The van der Waals surface area contributed by atoms with Gasteiger partial charge in [-0.05, 0) is 12.8 Å². The van der Waals surface area contributed by atoms with Gasteiger partial charge in [0.05, 0.1) is 11.6 Å². The average Bonchev–Trinajstić information content (AvgIpc) is 2.75. The largest absolute Gasteiger partial charge is 0.341 e. The first kappa shape index (κ1) is 12.7. The third kappa shape index (κ3) is 3.15. The van der Waals surface area contributed by atoms with Gasteiger partial charge in [0.1, 0.15) is 6.54 Å². The normalized spacial score (nSPS) is 21.9. The highest BCUT2D eigenvalue weighted by Crippen LogP contribution is 2.22. The van der Waals surface area contributed by atoms with Crippen LogP contribution in [0.15, 0.2) is 0 Å². The number of hydrogen-bond acceptors (Lipinski definition) is 3. The second-order valence-electron chi connectivity index (χ2n) is 4.87. The van der Waals surface area contributed by atoms with Gasteiger partial charge in [0.15, 0.2) is 0 Å². The molecule has 0 atom stereocenters. The Morgan fingerprint density at radius 1 is 1.41 bits per heavy atom. The predicted molar refractivity (Wildman–Crippen MR) is 68.7 cm³/mol. The summed E-state index contributed by atoms with van der Waals surface area (Å²) in [5.41, 5.74) is 0. The first-order chi connectivity index (χ1) is 8.18. The molecule has 2 amide bonds. The predicted octanol–water partition coefficient (Wildman–Crippen LogP) is 1.31. The van der Waals surface area contributed by atoms with Crippen molar-refractivity contribution < 1.29 is 9.59 Å². The molecule has 1 aliphatic heterocycles. The number of rotatable bonds is 3. The summed E-state index contributed by atoms with van der Waals surface area (Å²) in [5, 5.41) is 0. The molecule has 0 aromatic carbocycles. The molecule has 4 nitrogen and oxygen atoms in total. The third-order valence-electron chi connectivity index (χ3n) is 3.67. The molecule has 0 spiro atoms. The Morgan fingerprint density at radius 3 is 2.71 bits per heavy atom. The molecule has 2 rings (SSSR count). The molecule has 1 saturated carbocycles. The highest BCUT2D eigenvalue weighted by molar-refractivity contribution is 8.00. The quantitative estimate of drug-likeness (QED) is 0.764. The fourth-order valence-electron chi connectivity index (χ4n) is 2.49. The molecule has 5 heteroatoms. The van der Waals surface area contributed by atoms with E-state index < -0.39 is 0 Å². The zero-order valence-corrected chi connectivity index (χ0v) is 11.2. The fourth-order valence-corrected chi connectivity index (χ4v) is 3.39. The van der Waals surface area contributed by atoms with E-state index in [1.165, 1.54) is 19.3 Å². The van der Waals surface area contributed by atoms with Crippen molar-refractivity contribution in [2.45, 2.75) is 38.1 Å². The van der Waals surface area contributed by atoms with Crippen LogP contribution in [0.5, 0.6) is 0 Å². The van der Waals surface area contributed by atoms with Gasteiger partial charge in [-0.2, -0.15) is 0 Å². The zero-order chi connectivity index (χ0) is 12.3. The molecule has 0 bridgehead atoms. The number of amides is 2. The van der Waals surface area contributed by atoms with Gasteiger partial charge in [-0.3, -0.25) is 9.59 Å². The Kier molecular flexibility index (Phi) is 4.31. The van der Waals surface area contributed by atoms with Crippen molar-refractivity contribution in [3.8, 4) is 0 Å². The van der Waals surface area contributed by atoms with Crippen molar-refractivity contribution in [1.82, 2.24) is 9.80 Å². The van der Waals surface area contributed by atoms with Crippen LogP contribution in [0.25, 0.3) is 0 Å². The lowest BCUT2D eigenvalue weighted by Crippen LogP contribution is -2.44. The fraction of sp³-hybridized carbons (Fsp3) is 0.833. The molecular weight excluding hydrogens is 236 g/mol. The van der Waals surface area contributed by atoms with E-state index in [0.717, 1.165) is 12.8 Å². The summed E-state index contributed by atoms with van der Waals surface area (Å²) in [4.78, 5) is 27.0. The first-order valence-corrected chi connectivity index (χ1v) is 7.45. The molecule has 1 heterocycles. The van der Waals surface area contributed by atoms with Crippen LogP contribution in [-0.4, -0.2) is 52.9 Å². The molecule has 1 saturated heterocycles. The molecule has 2 aliphatic rings. The third-order valence-corrected chi connectivity index (χ3v) is 4.61. The Morgan fingerprint density at radius 2 is 2.12 bits per heavy atom. The Bertz CT molecular complexity index is 303. The minimum Gasteiger partial charge on any atom is -0.341 e. The van der Waals surface area contributed by atoms with Crippen molar-refractivity contribution in [3.05, 3.63) is 0 Å². The van der Waals surface area contributed by atoms with Crippen LogP contribution in [0.3, 0.4) is 0 Å². The van der Waals surface area contributed by atoms with E-state index in [1.54, 1.807) is 16.7 Å². The summed E-state index contributed by atoms with van der Waals surface area (Å²) in [6, 6.07) is 0.390. The van der Waals surface area contributed by atoms with Crippen LogP contribution in [0.2, 0.25) is 0 Å². The molecular formula is C12H20N2O2S. The average molecular weight is 256 g/mol. The Labute approximate surface area is 107 Å². The molecule has 0 aromatic rings. The van der Waals surface area contributed by atoms with Crippen molar-refractivity contribution in [1.29, 1.82) is 0 Å². The summed E-state index contributed by atoms with van der Waals surface area (Å²) >= 11 is 1.59. The maximum Gasteiger partial charge on any atom is 0.242 e. The van der Waals surface area contributed by atoms with Gasteiger partial charge >= 0.3 is 0 Å². The molecule has 17 heavy (non-hydrogen) atoms. The summed E-state index contributed by atoms with van der Waals surface area (Å²) in [7, 11) is 1.88. The van der Waals surface area contributed by atoms with Crippen LogP contribution >= 0.6 is 11.8 Å². The smallest absolute Gasteiger partial charge is 0.242 e. The van der Waals surface area contributed by atoms with Gasteiger partial charge < -0.3 is 9.80 Å². The summed E-state index contributed by atoms with van der Waals surface area (Å²) in [6.45, 7) is 0.263. The van der Waals surface area contributed by atoms with Gasteiger partial charge in [-0.1, -0.05) is 19.3 Å². The van der Waals surface area contributed by atoms with Gasteiger partial charge in [-0.15, -0.1) is 11.8 Å². The highest BCUT2D eigenvalue weighted by atomic mass is 32.2. The maximum absolute atomic E-state index is 12.1. The van der Waals surface area contributed by atoms with Crippen molar-refractivity contribution in [2.75, 3.05) is 25.2 Å². The minimum atomic E-state index is 0.0905. The summed E-state index contributed by atoms with van der Waals surface area (Å²) < 4.78 is 0. The molecule has 0 radical (unpaired) electrons. The maximum atomic E-state index is 12.1. The summed E-state index contributed by atoms with van der Waals surface area (Å²) in [5.74, 6) is 1.39. The molecule has 96 valence electrons. The van der Waals surface area contributed by atoms with Crippen LogP contribution in [0.4, 0.5) is 0 Å². The highest BCUT2D eigenvalue weighted by Gasteiger charge is 2.27. The van der Waals surface area contributed by atoms with E-state index in [0.29, 0.717) is 17.7 Å². The van der Waals surface area contributed by atoms with E-state index in [2.05, 4.69) is 0 Å². The summed E-state index contributed by atoms with van der Waals surface area (Å²) in [6.07, 6.45) is 5.97. The zero-order valence-electron chi connectivity index (χ0n) is 10.4. The number of carbonyl (C=O) groups is 2. The monoisotopic (exact) mass is 256 g/mol. The number of thioether (sulfide) groups is 1. The van der Waals surface area contributed by atoms with Gasteiger partial charge in [-0.25, -0.2) is 0 Å². The SMILES string of the molecule is CN(C(=O)CN1CSCC1=O)C1CCCCC1. The number of hydrogen-bond donors (Lipinski definition) is 0. The lowest BCUT2D eigenvalue weighted by Gasteiger charge is -2.32. The van der Waals surface area contributed by atoms with Crippen LogP contribution < -0.4 is 0 Å². The van der Waals surface area contributed by atoms with E-state index in [1.807, 2.05) is 11.9 Å². The molecule has 1 aliphatic carbocycles. The topological polar surface area (TPSA) is 40.6 Å². The first-order valence-electron chi connectivity index (χ1n) is 6.29. The standard InChI is InChI=1S/C12H20N2O2S/c1-13(10-5-3-2-4-6-10)11(15)7-14-9-17-8-12(14)16/h10H,2-9H2,1H3. The lowest BCUT2D eigenvalue weighted by atomic mass is 9.94. The molecule has 0 aromatic heterocycles. The molecule has 2 fully saturated rings. The van der Waals surface area contributed by atoms with Gasteiger partial charge in [0.25, 0.3) is 0 Å².